The zero-order valence-electron chi connectivity index (χ0n) is 10.2. The molecule has 0 aliphatic carbocycles. The van der Waals surface area contributed by atoms with Crippen molar-refractivity contribution >= 4 is 27.7 Å². The Kier molecular flexibility index (Phi) is 4.45. The summed E-state index contributed by atoms with van der Waals surface area (Å²) in [5, 5.41) is -4.28. The fourth-order valence-electron chi connectivity index (χ4n) is 1.89. The molecule has 106 valence electrons. The minimum Gasteiger partial charge on any atom is -0.299 e. The number of ketones is 1. The predicted octanol–water partition coefficient (Wildman–Crippen LogP) is 2.21. The van der Waals surface area contributed by atoms with E-state index in [0.29, 0.717) is 5.75 Å². The summed E-state index contributed by atoms with van der Waals surface area (Å²) >= 11 is 1.17. The van der Waals surface area contributed by atoms with E-state index in [9.17, 15) is 22.0 Å². The third kappa shape index (κ3) is 2.70. The highest BCUT2D eigenvalue weighted by molar-refractivity contribution is 7.99. The van der Waals surface area contributed by atoms with Crippen LogP contribution < -0.4 is 0 Å². The van der Waals surface area contributed by atoms with E-state index in [1.165, 1.54) is 11.8 Å². The minimum atomic E-state index is -5.51. The van der Waals surface area contributed by atoms with Gasteiger partial charge in [0.25, 0.3) is 0 Å². The lowest BCUT2D eigenvalue weighted by atomic mass is 9.80. The molecule has 18 heavy (non-hydrogen) atoms. The number of rotatable bonds is 5. The normalized spacial score (nSPS) is 25.7. The molecule has 1 N–H and O–H groups in total. The third-order valence-corrected chi connectivity index (χ3v) is 5.53. The van der Waals surface area contributed by atoms with Crippen molar-refractivity contribution in [1.82, 2.24) is 0 Å². The highest BCUT2D eigenvalue weighted by atomic mass is 32.2. The molecule has 0 amide bonds. The smallest absolute Gasteiger partial charge is 0.299 e. The largest absolute Gasteiger partial charge is 0.376 e. The monoisotopic (exact) mass is 302 g/mol. The van der Waals surface area contributed by atoms with Gasteiger partial charge in [0, 0.05) is 18.1 Å². The van der Waals surface area contributed by atoms with E-state index in [0.717, 1.165) is 0 Å². The van der Waals surface area contributed by atoms with Crippen LogP contribution in [0.5, 0.6) is 0 Å². The Balaban J connectivity index is 3.13. The lowest BCUT2D eigenvalue weighted by Crippen LogP contribution is -2.49. The molecule has 0 aromatic heterocycles. The van der Waals surface area contributed by atoms with Crippen molar-refractivity contribution in [3.63, 3.8) is 0 Å². The first-order chi connectivity index (χ1) is 8.03. The molecule has 1 unspecified atom stereocenters. The molecule has 1 fully saturated rings. The number of hydrogen-bond acceptors (Lipinski definition) is 4. The number of carbonyl (C=O) groups excluding carboxylic acids is 1. The van der Waals surface area contributed by atoms with Crippen LogP contribution in [-0.2, 0) is 14.9 Å². The highest BCUT2D eigenvalue weighted by Gasteiger charge is 2.63. The van der Waals surface area contributed by atoms with E-state index in [4.69, 9.17) is 4.55 Å². The summed E-state index contributed by atoms with van der Waals surface area (Å²) in [5.41, 5.74) is -1.98. The van der Waals surface area contributed by atoms with Crippen LogP contribution in [-0.4, -0.2) is 35.5 Å². The number of Topliss-reactive ketones (excluding diaryl/α,β-unsaturated/α-hetero) is 1. The van der Waals surface area contributed by atoms with E-state index in [2.05, 4.69) is 0 Å². The molecule has 0 radical (unpaired) electrons. The van der Waals surface area contributed by atoms with Crippen LogP contribution in [0.4, 0.5) is 8.78 Å². The van der Waals surface area contributed by atoms with Crippen molar-refractivity contribution in [2.24, 2.45) is 11.3 Å². The Morgan fingerprint density at radius 2 is 2.06 bits per heavy atom. The molecule has 1 atom stereocenters. The zero-order valence-corrected chi connectivity index (χ0v) is 11.8. The Labute approximate surface area is 109 Å². The summed E-state index contributed by atoms with van der Waals surface area (Å²) in [6.07, 6.45) is -0.618. The van der Waals surface area contributed by atoms with Crippen LogP contribution in [0, 0.1) is 11.3 Å². The molecule has 1 aliphatic rings. The second-order valence-corrected chi connectivity index (χ2v) is 7.44. The average Bonchev–Trinajstić information content (AvgIpc) is 2.65. The molecule has 0 saturated carbocycles. The molecule has 8 heteroatoms. The molecular weight excluding hydrogens is 286 g/mol. The van der Waals surface area contributed by atoms with Gasteiger partial charge in [0.15, 0.2) is 0 Å². The van der Waals surface area contributed by atoms with Gasteiger partial charge in [0.1, 0.15) is 5.78 Å². The lowest BCUT2D eigenvalue weighted by molar-refractivity contribution is -0.129. The summed E-state index contributed by atoms with van der Waals surface area (Å²) in [7, 11) is -5.51. The molecule has 0 aromatic carbocycles. The van der Waals surface area contributed by atoms with Gasteiger partial charge in [0.05, 0.1) is 5.41 Å². The Bertz CT molecular complexity index is 425. The summed E-state index contributed by atoms with van der Waals surface area (Å²) in [6, 6.07) is 0. The van der Waals surface area contributed by atoms with Crippen molar-refractivity contribution in [2.75, 3.05) is 11.5 Å². The van der Waals surface area contributed by atoms with Crippen molar-refractivity contribution in [3.8, 4) is 0 Å². The maximum atomic E-state index is 13.9. The van der Waals surface area contributed by atoms with Gasteiger partial charge in [-0.1, -0.05) is 13.8 Å². The van der Waals surface area contributed by atoms with Gasteiger partial charge < -0.3 is 0 Å². The van der Waals surface area contributed by atoms with Crippen molar-refractivity contribution in [2.45, 2.75) is 31.9 Å². The molecular formula is C10H16F2O4S2. The number of halogens is 2. The maximum Gasteiger partial charge on any atom is 0.376 e. The summed E-state index contributed by atoms with van der Waals surface area (Å²) in [5.74, 6) is -0.639. The molecule has 0 spiro atoms. The van der Waals surface area contributed by atoms with Gasteiger partial charge in [-0.05, 0) is 12.2 Å². The fourth-order valence-corrected chi connectivity index (χ4v) is 4.27. The summed E-state index contributed by atoms with van der Waals surface area (Å²) < 4.78 is 58.3. The molecule has 1 rings (SSSR count). The number of carbonyl (C=O) groups is 1. The minimum absolute atomic E-state index is 0.0943. The summed E-state index contributed by atoms with van der Waals surface area (Å²) in [4.78, 5) is 11.7. The fraction of sp³-hybridized carbons (Fsp3) is 0.900. The predicted molar refractivity (Wildman–Crippen MR) is 65.3 cm³/mol. The quantitative estimate of drug-likeness (QED) is 0.788. The Morgan fingerprint density at radius 1 is 1.50 bits per heavy atom. The topological polar surface area (TPSA) is 71.4 Å². The molecule has 1 heterocycles. The van der Waals surface area contributed by atoms with Crippen LogP contribution in [0.25, 0.3) is 0 Å². The average molecular weight is 302 g/mol. The van der Waals surface area contributed by atoms with Crippen molar-refractivity contribution < 1.29 is 26.5 Å². The van der Waals surface area contributed by atoms with Gasteiger partial charge in [-0.3, -0.25) is 9.35 Å². The molecule has 0 aromatic rings. The van der Waals surface area contributed by atoms with Gasteiger partial charge in [0.2, 0.25) is 0 Å². The summed E-state index contributed by atoms with van der Waals surface area (Å²) in [6.45, 7) is 3.15. The molecule has 0 bridgehead atoms. The second kappa shape index (κ2) is 5.05. The lowest BCUT2D eigenvalue weighted by Gasteiger charge is -2.34. The van der Waals surface area contributed by atoms with Crippen LogP contribution in [0.3, 0.4) is 0 Å². The highest BCUT2D eigenvalue weighted by Crippen LogP contribution is 2.52. The number of hydrogen-bond donors (Lipinski definition) is 1. The first kappa shape index (κ1) is 15.8. The van der Waals surface area contributed by atoms with E-state index in [1.54, 1.807) is 13.8 Å². The molecule has 4 nitrogen and oxygen atoms in total. The number of alkyl halides is 2. The van der Waals surface area contributed by atoms with Gasteiger partial charge in [-0.15, -0.1) is 0 Å². The first-order valence-electron chi connectivity index (χ1n) is 5.49. The number of thioether (sulfide) groups is 1. The molecule has 1 saturated heterocycles. The zero-order chi connectivity index (χ0) is 14.2. The van der Waals surface area contributed by atoms with Crippen LogP contribution in [0.2, 0.25) is 0 Å². The van der Waals surface area contributed by atoms with Crippen LogP contribution in [0.15, 0.2) is 0 Å². The van der Waals surface area contributed by atoms with Crippen LogP contribution in [0.1, 0.15) is 26.7 Å². The Morgan fingerprint density at radius 3 is 2.39 bits per heavy atom. The molecule has 1 aliphatic heterocycles. The van der Waals surface area contributed by atoms with Crippen LogP contribution >= 0.6 is 11.8 Å². The van der Waals surface area contributed by atoms with Gasteiger partial charge in [-0.2, -0.15) is 29.0 Å². The van der Waals surface area contributed by atoms with E-state index in [-0.39, 0.29) is 12.2 Å². The van der Waals surface area contributed by atoms with Crippen molar-refractivity contribution in [1.29, 1.82) is 0 Å². The standard InChI is InChI=1S/C10H16F2O4S2/c1-7(2)8(13)5-9(3-4-17-6-9)10(11,12)18(14,15)16/h7H,3-6H2,1-2H3,(H,14,15,16). The first-order valence-corrected chi connectivity index (χ1v) is 8.08. The maximum absolute atomic E-state index is 13.9. The SMILES string of the molecule is CC(C)C(=O)CC1(C(F)(F)S(=O)(=O)O)CCSC1. The van der Waals surface area contributed by atoms with Gasteiger partial charge in [-0.25, -0.2) is 0 Å². The van der Waals surface area contributed by atoms with Crippen molar-refractivity contribution in [3.05, 3.63) is 0 Å². The van der Waals surface area contributed by atoms with E-state index < -0.39 is 38.9 Å². The third-order valence-electron chi connectivity index (χ3n) is 3.20. The van der Waals surface area contributed by atoms with E-state index in [1.807, 2.05) is 0 Å². The van der Waals surface area contributed by atoms with E-state index >= 15 is 0 Å². The van der Waals surface area contributed by atoms with Gasteiger partial charge >= 0.3 is 15.4 Å². The Hall–Kier alpha value is -0.210. The second-order valence-electron chi connectivity index (χ2n) is 4.87.